The van der Waals surface area contributed by atoms with Gasteiger partial charge >= 0.3 is 6.09 Å². The fourth-order valence-electron chi connectivity index (χ4n) is 1.92. The van der Waals surface area contributed by atoms with Crippen molar-refractivity contribution in [2.45, 2.75) is 6.61 Å². The monoisotopic (exact) mass is 252 g/mol. The summed E-state index contributed by atoms with van der Waals surface area (Å²) >= 11 is 0. The molecule has 0 saturated heterocycles. The highest BCUT2D eigenvalue weighted by molar-refractivity contribution is 5.83. The summed E-state index contributed by atoms with van der Waals surface area (Å²) in [5.74, 6) is 0. The zero-order valence-electron chi connectivity index (χ0n) is 10.2. The summed E-state index contributed by atoms with van der Waals surface area (Å²) in [6, 6.07) is 15.7. The lowest BCUT2D eigenvalue weighted by molar-refractivity contribution is 0.138. The van der Waals surface area contributed by atoms with Gasteiger partial charge in [-0.05, 0) is 28.5 Å². The third-order valence-electron chi connectivity index (χ3n) is 2.87. The average molecular weight is 252 g/mol. The molecule has 3 aromatic rings. The van der Waals surface area contributed by atoms with Crippen LogP contribution in [0.5, 0.6) is 0 Å². The molecule has 0 aliphatic heterocycles. The van der Waals surface area contributed by atoms with E-state index in [4.69, 9.17) is 4.74 Å². The smallest absolute Gasteiger partial charge is 0.434 e. The Labute approximate surface area is 110 Å². The number of hydrogen-bond acceptors (Lipinski definition) is 3. The van der Waals surface area contributed by atoms with Crippen molar-refractivity contribution in [3.05, 3.63) is 66.5 Å². The van der Waals surface area contributed by atoms with Crippen molar-refractivity contribution in [2.75, 3.05) is 0 Å². The third-order valence-corrected chi connectivity index (χ3v) is 2.87. The molecule has 2 aromatic carbocycles. The SMILES string of the molecule is O=C(OCc1ccc2ccccc2c1)n1cccn1. The minimum absolute atomic E-state index is 0.240. The van der Waals surface area contributed by atoms with Crippen LogP contribution in [0, 0.1) is 0 Å². The van der Waals surface area contributed by atoms with Crippen molar-refractivity contribution in [3.8, 4) is 0 Å². The van der Waals surface area contributed by atoms with Gasteiger partial charge in [-0.25, -0.2) is 4.79 Å². The molecule has 0 radical (unpaired) electrons. The largest absolute Gasteiger partial charge is 0.443 e. The van der Waals surface area contributed by atoms with Gasteiger partial charge in [-0.1, -0.05) is 36.4 Å². The molecule has 0 saturated carbocycles. The van der Waals surface area contributed by atoms with Crippen LogP contribution in [0.4, 0.5) is 4.79 Å². The van der Waals surface area contributed by atoms with Gasteiger partial charge in [0.2, 0.25) is 0 Å². The standard InChI is InChI=1S/C15H12N2O2/c18-15(17-9-3-8-16-17)19-11-12-6-7-13-4-1-2-5-14(13)10-12/h1-10H,11H2. The van der Waals surface area contributed by atoms with Crippen LogP contribution in [0.25, 0.3) is 10.8 Å². The number of hydrogen-bond donors (Lipinski definition) is 0. The van der Waals surface area contributed by atoms with Crippen molar-refractivity contribution < 1.29 is 9.53 Å². The van der Waals surface area contributed by atoms with Crippen molar-refractivity contribution in [2.24, 2.45) is 0 Å². The number of fused-ring (bicyclic) bond motifs is 1. The van der Waals surface area contributed by atoms with E-state index >= 15 is 0 Å². The molecular weight excluding hydrogens is 240 g/mol. The van der Waals surface area contributed by atoms with Crippen molar-refractivity contribution in [3.63, 3.8) is 0 Å². The summed E-state index contributed by atoms with van der Waals surface area (Å²) in [5, 5.41) is 6.13. The predicted molar refractivity (Wildman–Crippen MR) is 71.8 cm³/mol. The van der Waals surface area contributed by atoms with Gasteiger partial charge in [0.05, 0.1) is 0 Å². The molecular formula is C15H12N2O2. The normalized spacial score (nSPS) is 10.5. The quantitative estimate of drug-likeness (QED) is 0.703. The van der Waals surface area contributed by atoms with Gasteiger partial charge in [0.15, 0.2) is 0 Å². The van der Waals surface area contributed by atoms with Gasteiger partial charge in [-0.3, -0.25) is 0 Å². The molecule has 1 aromatic heterocycles. The van der Waals surface area contributed by atoms with Gasteiger partial charge in [-0.2, -0.15) is 9.78 Å². The number of aromatic nitrogens is 2. The maximum atomic E-state index is 11.6. The Balaban J connectivity index is 1.73. The zero-order chi connectivity index (χ0) is 13.1. The van der Waals surface area contributed by atoms with Crippen LogP contribution < -0.4 is 0 Å². The van der Waals surface area contributed by atoms with E-state index in [9.17, 15) is 4.79 Å². The Kier molecular flexibility index (Phi) is 2.98. The number of rotatable bonds is 2. The zero-order valence-corrected chi connectivity index (χ0v) is 10.2. The summed E-state index contributed by atoms with van der Waals surface area (Å²) in [6.45, 7) is 0.240. The number of benzene rings is 2. The Morgan fingerprint density at radius 1 is 1.11 bits per heavy atom. The maximum absolute atomic E-state index is 11.6. The van der Waals surface area contributed by atoms with E-state index in [0.29, 0.717) is 0 Å². The number of carbonyl (C=O) groups excluding carboxylic acids is 1. The first-order valence-electron chi connectivity index (χ1n) is 5.97. The Morgan fingerprint density at radius 2 is 1.95 bits per heavy atom. The van der Waals surface area contributed by atoms with Crippen molar-refractivity contribution in [1.29, 1.82) is 0 Å². The summed E-state index contributed by atoms with van der Waals surface area (Å²) < 4.78 is 6.35. The fraction of sp³-hybridized carbons (Fsp3) is 0.0667. The first-order valence-corrected chi connectivity index (χ1v) is 5.97. The molecule has 4 nitrogen and oxygen atoms in total. The lowest BCUT2D eigenvalue weighted by Crippen LogP contribution is -2.13. The van der Waals surface area contributed by atoms with E-state index < -0.39 is 6.09 Å². The number of nitrogens with zero attached hydrogens (tertiary/aromatic N) is 2. The average Bonchev–Trinajstić information content (AvgIpc) is 2.99. The molecule has 0 N–H and O–H groups in total. The van der Waals surface area contributed by atoms with E-state index in [1.807, 2.05) is 36.4 Å². The molecule has 1 heterocycles. The van der Waals surface area contributed by atoms with Gasteiger partial charge < -0.3 is 4.74 Å². The molecule has 0 aliphatic carbocycles. The molecule has 0 aliphatic rings. The second-order valence-electron chi connectivity index (χ2n) is 4.19. The molecule has 94 valence electrons. The Hall–Kier alpha value is -2.62. The Bertz CT molecular complexity index is 705. The summed E-state index contributed by atoms with van der Waals surface area (Å²) in [4.78, 5) is 11.6. The van der Waals surface area contributed by atoms with E-state index in [2.05, 4.69) is 11.2 Å². The van der Waals surface area contributed by atoms with E-state index in [0.717, 1.165) is 10.9 Å². The second kappa shape index (κ2) is 4.94. The van der Waals surface area contributed by atoms with Crippen LogP contribution in [0.1, 0.15) is 5.56 Å². The molecule has 0 bridgehead atoms. The van der Waals surface area contributed by atoms with E-state index in [1.54, 1.807) is 12.3 Å². The molecule has 0 atom stereocenters. The fourth-order valence-corrected chi connectivity index (χ4v) is 1.92. The third kappa shape index (κ3) is 2.47. The highest BCUT2D eigenvalue weighted by Gasteiger charge is 2.05. The van der Waals surface area contributed by atoms with Crippen LogP contribution in [0.15, 0.2) is 60.9 Å². The lowest BCUT2D eigenvalue weighted by Gasteiger charge is -2.05. The topological polar surface area (TPSA) is 44.1 Å². The predicted octanol–water partition coefficient (Wildman–Crippen LogP) is 3.22. The van der Waals surface area contributed by atoms with Gasteiger partial charge in [0.1, 0.15) is 6.61 Å². The van der Waals surface area contributed by atoms with Gasteiger partial charge in [0.25, 0.3) is 0 Å². The Morgan fingerprint density at radius 3 is 2.74 bits per heavy atom. The summed E-state index contributed by atoms with van der Waals surface area (Å²) in [5.41, 5.74) is 0.958. The molecule has 0 amide bonds. The van der Waals surface area contributed by atoms with Crippen LogP contribution >= 0.6 is 0 Å². The number of ether oxygens (including phenoxy) is 1. The number of carbonyl (C=O) groups is 1. The van der Waals surface area contributed by atoms with Crippen LogP contribution in [0.3, 0.4) is 0 Å². The molecule has 3 rings (SSSR count). The van der Waals surface area contributed by atoms with Crippen molar-refractivity contribution >= 4 is 16.9 Å². The van der Waals surface area contributed by atoms with E-state index in [1.165, 1.54) is 16.3 Å². The van der Waals surface area contributed by atoms with Crippen LogP contribution in [-0.2, 0) is 11.3 Å². The first-order chi connectivity index (χ1) is 9.33. The first kappa shape index (κ1) is 11.5. The molecule has 4 heteroatoms. The second-order valence-corrected chi connectivity index (χ2v) is 4.19. The van der Waals surface area contributed by atoms with Crippen LogP contribution in [-0.4, -0.2) is 15.9 Å². The molecule has 0 unspecified atom stereocenters. The maximum Gasteiger partial charge on any atom is 0.434 e. The molecule has 19 heavy (non-hydrogen) atoms. The van der Waals surface area contributed by atoms with E-state index in [-0.39, 0.29) is 6.61 Å². The lowest BCUT2D eigenvalue weighted by atomic mass is 10.1. The van der Waals surface area contributed by atoms with Gasteiger partial charge in [-0.15, -0.1) is 0 Å². The minimum Gasteiger partial charge on any atom is -0.443 e. The summed E-state index contributed by atoms with van der Waals surface area (Å²) in [6.07, 6.45) is 2.62. The van der Waals surface area contributed by atoms with Crippen molar-refractivity contribution in [1.82, 2.24) is 9.78 Å². The van der Waals surface area contributed by atoms with Gasteiger partial charge in [0, 0.05) is 12.4 Å². The minimum atomic E-state index is -0.474. The highest BCUT2D eigenvalue weighted by Crippen LogP contribution is 2.16. The highest BCUT2D eigenvalue weighted by atomic mass is 16.6. The molecule has 0 spiro atoms. The van der Waals surface area contributed by atoms with Crippen LogP contribution in [0.2, 0.25) is 0 Å². The summed E-state index contributed by atoms with van der Waals surface area (Å²) in [7, 11) is 0. The molecule has 0 fully saturated rings.